The molecule has 0 bridgehead atoms. The zero-order chi connectivity index (χ0) is 19.6. The lowest BCUT2D eigenvalue weighted by molar-refractivity contribution is -0.127. The van der Waals surface area contributed by atoms with Crippen LogP contribution in [0.1, 0.15) is 24.2 Å². The highest BCUT2D eigenvalue weighted by Crippen LogP contribution is 2.38. The molecule has 0 saturated carbocycles. The fourth-order valence-electron chi connectivity index (χ4n) is 2.77. The van der Waals surface area contributed by atoms with Gasteiger partial charge in [-0.05, 0) is 54.0 Å². The molecule has 0 atom stereocenters. The summed E-state index contributed by atoms with van der Waals surface area (Å²) in [4.78, 5) is 31.0. The van der Waals surface area contributed by atoms with Gasteiger partial charge in [-0.15, -0.1) is 6.58 Å². The summed E-state index contributed by atoms with van der Waals surface area (Å²) in [5.74, 6) is 0.249. The molecule has 2 heterocycles. The Morgan fingerprint density at radius 2 is 2.19 bits per heavy atom. The fourth-order valence-corrected chi connectivity index (χ4v) is 3.14. The van der Waals surface area contributed by atoms with Gasteiger partial charge < -0.3 is 15.0 Å². The maximum Gasteiger partial charge on any atom is 0.257 e. The Balaban J connectivity index is 1.93. The highest BCUT2D eigenvalue weighted by Gasteiger charge is 2.37. The van der Waals surface area contributed by atoms with Crippen molar-refractivity contribution in [3.8, 4) is 5.75 Å². The van der Waals surface area contributed by atoms with Crippen LogP contribution in [-0.4, -0.2) is 29.9 Å². The van der Waals surface area contributed by atoms with E-state index in [1.165, 1.54) is 6.20 Å². The Morgan fingerprint density at radius 3 is 2.89 bits per heavy atom. The van der Waals surface area contributed by atoms with Crippen LogP contribution < -0.4 is 15.0 Å². The van der Waals surface area contributed by atoms with Crippen molar-refractivity contribution in [3.05, 3.63) is 59.4 Å². The minimum Gasteiger partial charge on any atom is -0.490 e. The summed E-state index contributed by atoms with van der Waals surface area (Å²) in [6.07, 6.45) is 4.77. The number of nitrogens with zero attached hydrogens (tertiary/aromatic N) is 2. The molecule has 0 radical (unpaired) electrons. The van der Waals surface area contributed by atoms with E-state index in [0.29, 0.717) is 29.2 Å². The highest BCUT2D eigenvalue weighted by atomic mass is 79.9. The van der Waals surface area contributed by atoms with Gasteiger partial charge in [0.25, 0.3) is 5.91 Å². The molecule has 140 valence electrons. The van der Waals surface area contributed by atoms with E-state index >= 15 is 0 Å². The second kappa shape index (κ2) is 7.52. The average Bonchev–Trinajstić information content (AvgIpc) is 2.72. The summed E-state index contributed by atoms with van der Waals surface area (Å²) in [5, 5.41) is 2.84. The van der Waals surface area contributed by atoms with E-state index in [2.05, 4.69) is 32.8 Å². The highest BCUT2D eigenvalue weighted by molar-refractivity contribution is 9.10. The number of carbonyl (C=O) groups excluding carboxylic acids is 2. The second-order valence-corrected chi connectivity index (χ2v) is 7.82. The van der Waals surface area contributed by atoms with Gasteiger partial charge in [0, 0.05) is 29.1 Å². The first-order chi connectivity index (χ1) is 12.8. The number of ether oxygens (including phenoxy) is 1. The number of rotatable bonds is 4. The van der Waals surface area contributed by atoms with Crippen LogP contribution in [0.25, 0.3) is 0 Å². The monoisotopic (exact) mass is 429 g/mol. The molecule has 1 aromatic carbocycles. The molecular weight excluding hydrogens is 410 g/mol. The number of aromatic nitrogens is 1. The number of anilines is 2. The average molecular weight is 430 g/mol. The van der Waals surface area contributed by atoms with E-state index in [1.54, 1.807) is 41.4 Å². The van der Waals surface area contributed by atoms with Crippen LogP contribution in [0.4, 0.5) is 11.4 Å². The van der Waals surface area contributed by atoms with Crippen LogP contribution in [0.2, 0.25) is 0 Å². The second-order valence-electron chi connectivity index (χ2n) is 6.91. The van der Waals surface area contributed by atoms with Gasteiger partial charge in [-0.2, -0.15) is 0 Å². The third kappa shape index (κ3) is 4.03. The van der Waals surface area contributed by atoms with Crippen LogP contribution in [-0.2, 0) is 4.79 Å². The number of nitrogens with one attached hydrogen (secondary N) is 1. The number of hydrogen-bond donors (Lipinski definition) is 1. The Hall–Kier alpha value is -2.67. The number of benzene rings is 1. The first kappa shape index (κ1) is 19.1. The van der Waals surface area contributed by atoms with Crippen molar-refractivity contribution >= 4 is 39.1 Å². The van der Waals surface area contributed by atoms with Crippen molar-refractivity contribution in [2.45, 2.75) is 13.8 Å². The predicted molar refractivity (Wildman–Crippen MR) is 108 cm³/mol. The van der Waals surface area contributed by atoms with E-state index < -0.39 is 5.41 Å². The van der Waals surface area contributed by atoms with Gasteiger partial charge in [-0.1, -0.05) is 6.08 Å². The number of amides is 2. The Labute approximate surface area is 166 Å². The molecule has 0 unspecified atom stereocenters. The molecule has 2 aromatic rings. The van der Waals surface area contributed by atoms with E-state index in [0.717, 1.165) is 4.47 Å². The first-order valence-electron chi connectivity index (χ1n) is 8.43. The van der Waals surface area contributed by atoms with E-state index in [4.69, 9.17) is 4.74 Å². The number of hydrogen-bond acceptors (Lipinski definition) is 4. The standard InChI is InChI=1S/C20H20BrN3O3/c1-4-7-24-16-9-15(23-18(25)13-8-14(21)11-22-10-13)5-6-17(16)27-12-20(2,3)19(24)26/h4-6,8-11H,1,7,12H2,2-3H3,(H,23,25). The van der Waals surface area contributed by atoms with E-state index in [1.807, 2.05) is 13.8 Å². The molecule has 0 saturated heterocycles. The van der Waals surface area contributed by atoms with Crippen molar-refractivity contribution in [1.82, 2.24) is 4.98 Å². The molecule has 0 fully saturated rings. The zero-order valence-electron chi connectivity index (χ0n) is 15.2. The maximum atomic E-state index is 12.9. The third-order valence-corrected chi connectivity index (χ3v) is 4.63. The lowest BCUT2D eigenvalue weighted by atomic mass is 9.93. The zero-order valence-corrected chi connectivity index (χ0v) is 16.7. The van der Waals surface area contributed by atoms with Crippen molar-refractivity contribution in [2.75, 3.05) is 23.4 Å². The number of pyridine rings is 1. The van der Waals surface area contributed by atoms with Crippen LogP contribution >= 0.6 is 15.9 Å². The van der Waals surface area contributed by atoms with Crippen LogP contribution in [0.5, 0.6) is 5.75 Å². The molecule has 7 heteroatoms. The summed E-state index contributed by atoms with van der Waals surface area (Å²) >= 11 is 3.30. The van der Waals surface area contributed by atoms with Crippen molar-refractivity contribution < 1.29 is 14.3 Å². The van der Waals surface area contributed by atoms with Gasteiger partial charge in [-0.25, -0.2) is 0 Å². The quantitative estimate of drug-likeness (QED) is 0.744. The molecule has 1 aliphatic rings. The topological polar surface area (TPSA) is 71.5 Å². The maximum absolute atomic E-state index is 12.9. The van der Waals surface area contributed by atoms with Crippen LogP contribution in [0, 0.1) is 5.41 Å². The minimum atomic E-state index is -0.659. The molecule has 27 heavy (non-hydrogen) atoms. The van der Waals surface area contributed by atoms with Crippen molar-refractivity contribution in [1.29, 1.82) is 0 Å². The molecule has 1 aromatic heterocycles. The van der Waals surface area contributed by atoms with Gasteiger partial charge >= 0.3 is 0 Å². The third-order valence-electron chi connectivity index (χ3n) is 4.20. The normalized spacial score (nSPS) is 15.4. The van der Waals surface area contributed by atoms with Crippen LogP contribution in [0.3, 0.4) is 0 Å². The molecule has 3 rings (SSSR count). The minimum absolute atomic E-state index is 0.0548. The number of fused-ring (bicyclic) bond motifs is 1. The van der Waals surface area contributed by atoms with Gasteiger partial charge in [0.15, 0.2) is 0 Å². The smallest absolute Gasteiger partial charge is 0.257 e. The molecule has 1 N–H and O–H groups in total. The lowest BCUT2D eigenvalue weighted by Gasteiger charge is -2.27. The van der Waals surface area contributed by atoms with Crippen molar-refractivity contribution in [2.24, 2.45) is 5.41 Å². The first-order valence-corrected chi connectivity index (χ1v) is 9.23. The Kier molecular flexibility index (Phi) is 5.32. The Bertz CT molecular complexity index is 911. The summed E-state index contributed by atoms with van der Waals surface area (Å²) in [5.41, 5.74) is 0.934. The summed E-state index contributed by atoms with van der Waals surface area (Å²) in [7, 11) is 0. The Morgan fingerprint density at radius 1 is 1.41 bits per heavy atom. The van der Waals surface area contributed by atoms with Gasteiger partial charge in [0.2, 0.25) is 5.91 Å². The predicted octanol–water partition coefficient (Wildman–Crippen LogP) is 4.03. The summed E-state index contributed by atoms with van der Waals surface area (Å²) in [6.45, 7) is 8.07. The SMILES string of the molecule is C=CCN1C(=O)C(C)(C)COc2ccc(NC(=O)c3cncc(Br)c3)cc21. The summed E-state index contributed by atoms with van der Waals surface area (Å²) < 4.78 is 6.56. The molecular formula is C20H20BrN3O3. The van der Waals surface area contributed by atoms with E-state index in [9.17, 15) is 9.59 Å². The fraction of sp³-hybridized carbons (Fsp3) is 0.250. The molecule has 2 amide bonds. The van der Waals surface area contributed by atoms with Crippen LogP contribution in [0.15, 0.2) is 53.8 Å². The van der Waals surface area contributed by atoms with Crippen molar-refractivity contribution in [3.63, 3.8) is 0 Å². The van der Waals surface area contributed by atoms with Gasteiger partial charge in [0.05, 0.1) is 16.7 Å². The number of halogens is 1. The number of carbonyl (C=O) groups is 2. The molecule has 1 aliphatic heterocycles. The molecule has 6 nitrogen and oxygen atoms in total. The summed E-state index contributed by atoms with van der Waals surface area (Å²) in [6, 6.07) is 6.93. The van der Waals surface area contributed by atoms with E-state index in [-0.39, 0.29) is 18.4 Å². The molecule has 0 aliphatic carbocycles. The van der Waals surface area contributed by atoms with Gasteiger partial charge in [0.1, 0.15) is 12.4 Å². The molecule has 0 spiro atoms. The van der Waals surface area contributed by atoms with Gasteiger partial charge in [-0.3, -0.25) is 14.6 Å². The largest absolute Gasteiger partial charge is 0.490 e. The lowest BCUT2D eigenvalue weighted by Crippen LogP contribution is -2.42.